The van der Waals surface area contributed by atoms with Crippen LogP contribution in [0.3, 0.4) is 0 Å². The number of ether oxygens (including phenoxy) is 1. The Hall–Kier alpha value is -3.56. The second-order valence-electron chi connectivity index (χ2n) is 12.4. The predicted molar refractivity (Wildman–Crippen MR) is 151 cm³/mol. The standard InChI is InChI=1S/C32H35N3O6/c1-4-32(40)21-12-24-27-19(13-35(24)28(37)20(21)14-41-30(32)39)26-22(34-29(38)31(15-36)9-5-6-10-31)8-7-18-17(3)16(2)11-23(33-27)25(18)26/h11-12,22,36,40H,4-10,13-15H2,1-3H3,(H,34,38)/t22-,32+/m1/s1. The van der Waals surface area contributed by atoms with Crippen molar-refractivity contribution in [3.63, 3.8) is 0 Å². The number of carbonyl (C=O) groups is 2. The summed E-state index contributed by atoms with van der Waals surface area (Å²) in [6, 6.07) is 3.50. The van der Waals surface area contributed by atoms with Crippen molar-refractivity contribution in [2.75, 3.05) is 6.61 Å². The number of rotatable bonds is 4. The van der Waals surface area contributed by atoms with Crippen LogP contribution in [0.4, 0.5) is 0 Å². The van der Waals surface area contributed by atoms with E-state index in [0.717, 1.165) is 46.9 Å². The molecule has 214 valence electrons. The number of hydrogen-bond donors (Lipinski definition) is 3. The maximum Gasteiger partial charge on any atom is 0.343 e. The lowest BCUT2D eigenvalue weighted by molar-refractivity contribution is -0.172. The van der Waals surface area contributed by atoms with E-state index in [4.69, 9.17) is 9.72 Å². The molecule has 0 spiro atoms. The summed E-state index contributed by atoms with van der Waals surface area (Å²) in [6.07, 6.45) is 4.77. The summed E-state index contributed by atoms with van der Waals surface area (Å²) in [4.78, 5) is 45.2. The van der Waals surface area contributed by atoms with Crippen LogP contribution in [0, 0.1) is 19.3 Å². The minimum Gasteiger partial charge on any atom is -0.458 e. The van der Waals surface area contributed by atoms with Crippen molar-refractivity contribution in [1.82, 2.24) is 14.9 Å². The van der Waals surface area contributed by atoms with Crippen LogP contribution in [0.25, 0.3) is 22.3 Å². The topological polar surface area (TPSA) is 131 Å². The van der Waals surface area contributed by atoms with Crippen molar-refractivity contribution in [2.24, 2.45) is 5.41 Å². The van der Waals surface area contributed by atoms with Gasteiger partial charge in [-0.15, -0.1) is 0 Å². The fourth-order valence-corrected chi connectivity index (χ4v) is 7.70. The van der Waals surface area contributed by atoms with Gasteiger partial charge in [-0.1, -0.05) is 19.8 Å². The molecular formula is C32H35N3O6. The third kappa shape index (κ3) is 3.48. The fraction of sp³-hybridized carbons (Fsp3) is 0.500. The molecule has 1 amide bonds. The van der Waals surface area contributed by atoms with Crippen LogP contribution in [0.2, 0.25) is 0 Å². The first-order valence-corrected chi connectivity index (χ1v) is 14.7. The summed E-state index contributed by atoms with van der Waals surface area (Å²) in [5.74, 6) is -0.861. The molecule has 4 heterocycles. The van der Waals surface area contributed by atoms with E-state index in [1.54, 1.807) is 17.6 Å². The smallest absolute Gasteiger partial charge is 0.343 e. The van der Waals surface area contributed by atoms with Gasteiger partial charge in [0, 0.05) is 16.5 Å². The first-order valence-electron chi connectivity index (χ1n) is 14.7. The summed E-state index contributed by atoms with van der Waals surface area (Å²) >= 11 is 0. The van der Waals surface area contributed by atoms with Crippen LogP contribution in [-0.2, 0) is 39.5 Å². The number of aryl methyl sites for hydroxylation is 2. The zero-order valence-corrected chi connectivity index (χ0v) is 23.7. The van der Waals surface area contributed by atoms with Gasteiger partial charge in [-0.05, 0) is 80.3 Å². The average Bonchev–Trinajstić information content (AvgIpc) is 3.60. The molecule has 0 bridgehead atoms. The summed E-state index contributed by atoms with van der Waals surface area (Å²) < 4.78 is 6.88. The van der Waals surface area contributed by atoms with Gasteiger partial charge in [0.2, 0.25) is 5.91 Å². The maximum absolute atomic E-state index is 13.8. The minimum atomic E-state index is -1.90. The van der Waals surface area contributed by atoms with E-state index < -0.39 is 17.0 Å². The van der Waals surface area contributed by atoms with Crippen molar-refractivity contribution in [3.05, 3.63) is 61.4 Å². The van der Waals surface area contributed by atoms with Crippen LogP contribution < -0.4 is 10.9 Å². The monoisotopic (exact) mass is 557 g/mol. The Kier molecular flexibility index (Phi) is 5.76. The highest BCUT2D eigenvalue weighted by atomic mass is 16.6. The molecule has 2 aliphatic heterocycles. The van der Waals surface area contributed by atoms with Gasteiger partial charge in [0.1, 0.15) is 6.61 Å². The zero-order chi connectivity index (χ0) is 28.8. The number of nitrogens with one attached hydrogen (secondary N) is 1. The third-order valence-electron chi connectivity index (χ3n) is 10.4. The summed E-state index contributed by atoms with van der Waals surface area (Å²) in [6.45, 7) is 5.80. The number of cyclic esters (lactones) is 1. The number of pyridine rings is 2. The maximum atomic E-state index is 13.8. The van der Waals surface area contributed by atoms with Crippen molar-refractivity contribution in [1.29, 1.82) is 0 Å². The number of aliphatic hydroxyl groups excluding tert-OH is 1. The molecule has 1 fully saturated rings. The molecule has 9 nitrogen and oxygen atoms in total. The highest BCUT2D eigenvalue weighted by molar-refractivity contribution is 5.94. The first kappa shape index (κ1) is 26.3. The van der Waals surface area contributed by atoms with Gasteiger partial charge < -0.3 is 24.8 Å². The Balaban J connectivity index is 1.45. The summed E-state index contributed by atoms with van der Waals surface area (Å²) in [7, 11) is 0. The number of fused-ring (bicyclic) bond motifs is 5. The molecule has 41 heavy (non-hydrogen) atoms. The summed E-state index contributed by atoms with van der Waals surface area (Å²) in [5, 5.41) is 25.8. The lowest BCUT2D eigenvalue weighted by atomic mass is 9.79. The van der Waals surface area contributed by atoms with Crippen LogP contribution >= 0.6 is 0 Å². The Morgan fingerprint density at radius 3 is 2.63 bits per heavy atom. The number of aromatic nitrogens is 2. The Morgan fingerprint density at radius 1 is 1.17 bits per heavy atom. The van der Waals surface area contributed by atoms with Gasteiger partial charge >= 0.3 is 5.97 Å². The Labute approximate surface area is 237 Å². The van der Waals surface area contributed by atoms with Crippen molar-refractivity contribution in [3.8, 4) is 11.4 Å². The van der Waals surface area contributed by atoms with Crippen molar-refractivity contribution >= 4 is 22.8 Å². The van der Waals surface area contributed by atoms with Gasteiger partial charge in [-0.25, -0.2) is 9.78 Å². The van der Waals surface area contributed by atoms with E-state index in [1.807, 2.05) is 0 Å². The first-order chi connectivity index (χ1) is 19.6. The van der Waals surface area contributed by atoms with Crippen molar-refractivity contribution in [2.45, 2.75) is 90.5 Å². The van der Waals surface area contributed by atoms with Gasteiger partial charge in [0.25, 0.3) is 5.56 Å². The average molecular weight is 558 g/mol. The van der Waals surface area contributed by atoms with E-state index in [2.05, 4.69) is 25.2 Å². The van der Waals surface area contributed by atoms with E-state index in [1.165, 1.54) is 11.1 Å². The van der Waals surface area contributed by atoms with Gasteiger partial charge in [0.15, 0.2) is 5.60 Å². The van der Waals surface area contributed by atoms with Crippen LogP contribution in [0.15, 0.2) is 16.9 Å². The lowest BCUT2D eigenvalue weighted by Crippen LogP contribution is -2.44. The number of amides is 1. The molecule has 2 atom stereocenters. The highest BCUT2D eigenvalue weighted by Crippen LogP contribution is 2.47. The zero-order valence-electron chi connectivity index (χ0n) is 23.7. The highest BCUT2D eigenvalue weighted by Gasteiger charge is 2.46. The van der Waals surface area contributed by atoms with E-state index in [-0.39, 0.29) is 54.8 Å². The van der Waals surface area contributed by atoms with Gasteiger partial charge in [-0.3, -0.25) is 9.59 Å². The second kappa shape index (κ2) is 8.97. The number of esters is 1. The number of benzene rings is 1. The molecule has 3 aromatic rings. The number of nitrogens with zero attached hydrogens (tertiary/aromatic N) is 2. The largest absolute Gasteiger partial charge is 0.458 e. The molecule has 0 unspecified atom stereocenters. The number of hydrogen-bond acceptors (Lipinski definition) is 7. The van der Waals surface area contributed by atoms with E-state index >= 15 is 0 Å². The van der Waals surface area contributed by atoms with Gasteiger partial charge in [-0.2, -0.15) is 0 Å². The molecule has 7 rings (SSSR count). The van der Waals surface area contributed by atoms with E-state index in [9.17, 15) is 24.6 Å². The molecule has 1 aromatic carbocycles. The number of aliphatic hydroxyl groups is 2. The molecule has 2 aliphatic carbocycles. The molecule has 3 N–H and O–H groups in total. The molecule has 0 radical (unpaired) electrons. The Bertz CT molecular complexity index is 1730. The molecular weight excluding hydrogens is 522 g/mol. The van der Waals surface area contributed by atoms with Crippen LogP contribution in [0.1, 0.15) is 90.4 Å². The second-order valence-corrected chi connectivity index (χ2v) is 12.4. The lowest BCUT2D eigenvalue weighted by Gasteiger charge is -2.33. The Morgan fingerprint density at radius 2 is 1.93 bits per heavy atom. The molecule has 2 aromatic heterocycles. The molecule has 1 saturated carbocycles. The summed E-state index contributed by atoms with van der Waals surface area (Å²) in [5.41, 5.74) is 5.02. The molecule has 4 aliphatic rings. The van der Waals surface area contributed by atoms with Crippen LogP contribution in [-0.4, -0.2) is 38.2 Å². The van der Waals surface area contributed by atoms with Crippen LogP contribution in [0.5, 0.6) is 0 Å². The molecule has 9 heteroatoms. The normalized spacial score (nSPS) is 23.6. The predicted octanol–water partition coefficient (Wildman–Crippen LogP) is 3.35. The quantitative estimate of drug-likeness (QED) is 0.328. The van der Waals surface area contributed by atoms with E-state index in [0.29, 0.717) is 30.7 Å². The van der Waals surface area contributed by atoms with Gasteiger partial charge in [0.05, 0.1) is 47.1 Å². The minimum absolute atomic E-state index is 0.0769. The fourth-order valence-electron chi connectivity index (χ4n) is 7.70. The van der Waals surface area contributed by atoms with Crippen molar-refractivity contribution < 1.29 is 24.5 Å². The SMILES string of the molecule is CC[C@@]1(O)C(=O)OCc2c1cc1n(c2=O)Cc2c-1nc1cc(C)c(C)c3c1c2[C@H](NC(=O)C1(CO)CCCC1)CC3. The molecule has 0 saturated heterocycles. The number of carbonyl (C=O) groups excluding carboxylic acids is 2. The third-order valence-corrected chi connectivity index (χ3v) is 10.4.